The molecule has 0 unspecified atom stereocenters. The standard InChI is InChI=1S/C10H7F4NO2/c11-5-1-2-6(7(12)3-5)8-10(13,14)4-17-9(16)15-8/h1-3,8H,4H2,(H,15,16)/t8-/m1/s1. The minimum Gasteiger partial charge on any atom is -0.443 e. The molecule has 7 heteroatoms. The van der Waals surface area contributed by atoms with Crippen LogP contribution in [0.3, 0.4) is 0 Å². The van der Waals surface area contributed by atoms with Crippen LogP contribution in [0.5, 0.6) is 0 Å². The van der Waals surface area contributed by atoms with Gasteiger partial charge < -0.3 is 10.1 Å². The number of halogens is 4. The Morgan fingerprint density at radius 3 is 2.71 bits per heavy atom. The van der Waals surface area contributed by atoms with E-state index in [0.29, 0.717) is 6.07 Å². The summed E-state index contributed by atoms with van der Waals surface area (Å²) in [6, 6.07) is 0.335. The fraction of sp³-hybridized carbons (Fsp3) is 0.300. The number of hydrogen-bond acceptors (Lipinski definition) is 2. The smallest absolute Gasteiger partial charge is 0.408 e. The van der Waals surface area contributed by atoms with Crippen molar-refractivity contribution in [1.29, 1.82) is 0 Å². The van der Waals surface area contributed by atoms with Crippen molar-refractivity contribution in [3.05, 3.63) is 35.4 Å². The molecule has 1 atom stereocenters. The van der Waals surface area contributed by atoms with Gasteiger partial charge in [-0.25, -0.2) is 22.4 Å². The number of carbonyl (C=O) groups excluding carboxylic acids is 1. The molecule has 0 radical (unpaired) electrons. The maximum Gasteiger partial charge on any atom is 0.408 e. The lowest BCUT2D eigenvalue weighted by atomic mass is 9.99. The molecular weight excluding hydrogens is 242 g/mol. The number of alkyl carbamates (subject to hydrolysis) is 1. The molecule has 0 spiro atoms. The molecular formula is C10H7F4NO2. The van der Waals surface area contributed by atoms with Gasteiger partial charge in [0, 0.05) is 11.6 Å². The quantitative estimate of drug-likeness (QED) is 0.776. The summed E-state index contributed by atoms with van der Waals surface area (Å²) in [6.45, 7) is -1.14. The molecule has 1 N–H and O–H groups in total. The van der Waals surface area contributed by atoms with Gasteiger partial charge in [-0.15, -0.1) is 0 Å². The highest BCUT2D eigenvalue weighted by Gasteiger charge is 2.47. The summed E-state index contributed by atoms with van der Waals surface area (Å²) < 4.78 is 56.9. The van der Waals surface area contributed by atoms with Gasteiger partial charge in [0.25, 0.3) is 0 Å². The summed E-state index contributed by atoms with van der Waals surface area (Å²) in [5, 5.41) is 1.81. The topological polar surface area (TPSA) is 38.3 Å². The molecule has 2 rings (SSSR count). The molecule has 0 aromatic heterocycles. The van der Waals surface area contributed by atoms with Gasteiger partial charge >= 0.3 is 12.0 Å². The van der Waals surface area contributed by atoms with E-state index in [1.807, 2.05) is 5.32 Å². The zero-order valence-corrected chi connectivity index (χ0v) is 8.34. The highest BCUT2D eigenvalue weighted by molar-refractivity contribution is 5.69. The lowest BCUT2D eigenvalue weighted by molar-refractivity contribution is -0.105. The lowest BCUT2D eigenvalue weighted by Gasteiger charge is -2.31. The second-order valence-corrected chi connectivity index (χ2v) is 3.58. The van der Waals surface area contributed by atoms with Crippen LogP contribution in [0.15, 0.2) is 18.2 Å². The molecule has 92 valence electrons. The SMILES string of the molecule is O=C1N[C@H](c2ccc(F)cc2F)C(F)(F)CO1. The fourth-order valence-electron chi connectivity index (χ4n) is 1.55. The minimum absolute atomic E-state index is 0.479. The molecule has 1 amide bonds. The summed E-state index contributed by atoms with van der Waals surface area (Å²) in [7, 11) is 0. The Kier molecular flexibility index (Phi) is 2.68. The average Bonchev–Trinajstić information content (AvgIpc) is 2.23. The van der Waals surface area contributed by atoms with Gasteiger partial charge in [-0.1, -0.05) is 6.07 Å². The number of hydrogen-bond donors (Lipinski definition) is 1. The van der Waals surface area contributed by atoms with E-state index < -0.39 is 41.9 Å². The molecule has 1 aromatic carbocycles. The van der Waals surface area contributed by atoms with E-state index in [2.05, 4.69) is 4.74 Å². The maximum absolute atomic E-state index is 13.4. The van der Waals surface area contributed by atoms with Gasteiger partial charge in [0.05, 0.1) is 0 Å². The maximum atomic E-state index is 13.4. The van der Waals surface area contributed by atoms with E-state index in [-0.39, 0.29) is 0 Å². The lowest BCUT2D eigenvalue weighted by Crippen LogP contribution is -2.49. The normalized spacial score (nSPS) is 22.8. The van der Waals surface area contributed by atoms with E-state index in [1.54, 1.807) is 0 Å². The Labute approximate surface area is 93.4 Å². The summed E-state index contributed by atoms with van der Waals surface area (Å²) in [4.78, 5) is 10.8. The van der Waals surface area contributed by atoms with E-state index in [4.69, 9.17) is 0 Å². The third-order valence-electron chi connectivity index (χ3n) is 2.35. The summed E-state index contributed by atoms with van der Waals surface area (Å²) >= 11 is 0. The van der Waals surface area contributed by atoms with Gasteiger partial charge in [-0.2, -0.15) is 0 Å². The summed E-state index contributed by atoms with van der Waals surface area (Å²) in [5.74, 6) is -5.48. The number of amides is 1. The van der Waals surface area contributed by atoms with Crippen molar-refractivity contribution >= 4 is 6.09 Å². The average molecular weight is 249 g/mol. The van der Waals surface area contributed by atoms with Crippen LogP contribution in [0.4, 0.5) is 22.4 Å². The predicted molar refractivity (Wildman–Crippen MR) is 48.5 cm³/mol. The van der Waals surface area contributed by atoms with Crippen LogP contribution in [-0.4, -0.2) is 18.6 Å². The van der Waals surface area contributed by atoms with Crippen LogP contribution in [0.25, 0.3) is 0 Å². The van der Waals surface area contributed by atoms with Crippen LogP contribution in [0.2, 0.25) is 0 Å². The third kappa shape index (κ3) is 2.17. The van der Waals surface area contributed by atoms with Crippen LogP contribution in [-0.2, 0) is 4.74 Å². The van der Waals surface area contributed by atoms with Crippen LogP contribution >= 0.6 is 0 Å². The van der Waals surface area contributed by atoms with Crippen molar-refractivity contribution in [1.82, 2.24) is 5.32 Å². The Morgan fingerprint density at radius 1 is 1.35 bits per heavy atom. The molecule has 0 bridgehead atoms. The number of carbonyl (C=O) groups is 1. The first kappa shape index (κ1) is 11.7. The summed E-state index contributed by atoms with van der Waals surface area (Å²) in [6.07, 6.45) is -1.07. The molecule has 1 heterocycles. The minimum atomic E-state index is -3.45. The highest BCUT2D eigenvalue weighted by Crippen LogP contribution is 2.35. The molecule has 1 saturated heterocycles. The number of alkyl halides is 2. The Morgan fingerprint density at radius 2 is 2.06 bits per heavy atom. The third-order valence-corrected chi connectivity index (χ3v) is 2.35. The molecule has 1 aliphatic heterocycles. The van der Waals surface area contributed by atoms with Gasteiger partial charge in [-0.05, 0) is 6.07 Å². The molecule has 1 aliphatic rings. The van der Waals surface area contributed by atoms with Crippen molar-refractivity contribution in [2.75, 3.05) is 6.61 Å². The van der Waals surface area contributed by atoms with E-state index in [9.17, 15) is 22.4 Å². The first-order valence-corrected chi connectivity index (χ1v) is 4.66. The number of nitrogens with one attached hydrogen (secondary N) is 1. The first-order chi connectivity index (χ1) is 7.90. The van der Waals surface area contributed by atoms with Gasteiger partial charge in [0.2, 0.25) is 0 Å². The van der Waals surface area contributed by atoms with Crippen molar-refractivity contribution in [2.24, 2.45) is 0 Å². The van der Waals surface area contributed by atoms with E-state index >= 15 is 0 Å². The van der Waals surface area contributed by atoms with Crippen molar-refractivity contribution in [3.63, 3.8) is 0 Å². The summed E-state index contributed by atoms with van der Waals surface area (Å²) in [5.41, 5.74) is -0.479. The molecule has 17 heavy (non-hydrogen) atoms. The predicted octanol–water partition coefficient (Wildman–Crippen LogP) is 2.38. The monoisotopic (exact) mass is 249 g/mol. The van der Waals surface area contributed by atoms with Crippen molar-refractivity contribution < 1.29 is 27.1 Å². The second-order valence-electron chi connectivity index (χ2n) is 3.58. The Balaban J connectivity index is 2.39. The van der Waals surface area contributed by atoms with Gasteiger partial charge in [0.1, 0.15) is 17.7 Å². The van der Waals surface area contributed by atoms with Crippen LogP contribution < -0.4 is 5.32 Å². The molecule has 0 aliphatic carbocycles. The zero-order chi connectivity index (χ0) is 12.6. The van der Waals surface area contributed by atoms with Crippen LogP contribution in [0, 0.1) is 11.6 Å². The highest BCUT2D eigenvalue weighted by atomic mass is 19.3. The first-order valence-electron chi connectivity index (χ1n) is 4.66. The number of ether oxygens (including phenoxy) is 1. The molecule has 1 aromatic rings. The molecule has 0 saturated carbocycles. The van der Waals surface area contributed by atoms with E-state index in [1.165, 1.54) is 0 Å². The fourth-order valence-corrected chi connectivity index (χ4v) is 1.55. The molecule has 3 nitrogen and oxygen atoms in total. The number of cyclic esters (lactones) is 1. The van der Waals surface area contributed by atoms with Gasteiger partial charge in [0.15, 0.2) is 6.61 Å². The molecule has 1 fully saturated rings. The Bertz CT molecular complexity index is 464. The Hall–Kier alpha value is -1.79. The zero-order valence-electron chi connectivity index (χ0n) is 8.34. The number of benzene rings is 1. The van der Waals surface area contributed by atoms with E-state index in [0.717, 1.165) is 12.1 Å². The van der Waals surface area contributed by atoms with Crippen molar-refractivity contribution in [3.8, 4) is 0 Å². The largest absolute Gasteiger partial charge is 0.443 e. The second kappa shape index (κ2) is 3.90. The number of rotatable bonds is 1. The van der Waals surface area contributed by atoms with Gasteiger partial charge in [-0.3, -0.25) is 0 Å². The van der Waals surface area contributed by atoms with Crippen molar-refractivity contribution in [2.45, 2.75) is 12.0 Å². The van der Waals surface area contributed by atoms with Crippen LogP contribution in [0.1, 0.15) is 11.6 Å².